The van der Waals surface area contributed by atoms with Crippen LogP contribution in [0.4, 0.5) is 0 Å². The van der Waals surface area contributed by atoms with Gasteiger partial charge in [-0.2, -0.15) is 4.72 Å². The lowest BCUT2D eigenvalue weighted by atomic mass is 10.0. The van der Waals surface area contributed by atoms with Crippen molar-refractivity contribution in [3.63, 3.8) is 0 Å². The third kappa shape index (κ3) is 5.57. The topological polar surface area (TPSA) is 121 Å². The highest BCUT2D eigenvalue weighted by molar-refractivity contribution is 7.88. The zero-order valence-corrected chi connectivity index (χ0v) is 21.0. The van der Waals surface area contributed by atoms with Crippen LogP contribution >= 0.6 is 0 Å². The Morgan fingerprint density at radius 1 is 1.20 bits per heavy atom. The summed E-state index contributed by atoms with van der Waals surface area (Å²) in [6, 6.07) is 16.1. The van der Waals surface area contributed by atoms with Crippen LogP contribution in [-0.2, 0) is 27.8 Å². The average Bonchev–Trinajstić information content (AvgIpc) is 3.44. The van der Waals surface area contributed by atoms with Crippen molar-refractivity contribution in [3.05, 3.63) is 71.4 Å². The summed E-state index contributed by atoms with van der Waals surface area (Å²) in [5.41, 5.74) is 9.26. The number of carbonyl (C=O) groups is 1. The van der Waals surface area contributed by atoms with Crippen molar-refractivity contribution in [1.29, 1.82) is 5.41 Å². The summed E-state index contributed by atoms with van der Waals surface area (Å²) >= 11 is 0. The van der Waals surface area contributed by atoms with E-state index in [0.717, 1.165) is 49.4 Å². The van der Waals surface area contributed by atoms with Gasteiger partial charge in [-0.05, 0) is 55.7 Å². The van der Waals surface area contributed by atoms with Gasteiger partial charge in [0.2, 0.25) is 15.9 Å². The molecule has 0 spiro atoms. The van der Waals surface area contributed by atoms with E-state index in [-0.39, 0.29) is 17.8 Å². The van der Waals surface area contributed by atoms with Crippen LogP contribution in [0, 0.1) is 5.41 Å². The normalized spacial score (nSPS) is 17.1. The summed E-state index contributed by atoms with van der Waals surface area (Å²) in [6.45, 7) is 3.51. The quantitative estimate of drug-likeness (QED) is 0.312. The van der Waals surface area contributed by atoms with Crippen molar-refractivity contribution in [2.24, 2.45) is 5.73 Å². The van der Waals surface area contributed by atoms with E-state index in [2.05, 4.69) is 22.3 Å². The summed E-state index contributed by atoms with van der Waals surface area (Å²) in [5, 5.41) is 8.85. The molecule has 2 atom stereocenters. The second-order valence-corrected chi connectivity index (χ2v) is 10.9. The number of aromatic nitrogens is 1. The number of nitrogens with one attached hydrogen (secondary N) is 2. The largest absolute Gasteiger partial charge is 0.384 e. The van der Waals surface area contributed by atoms with Crippen LogP contribution in [0.25, 0.3) is 10.9 Å². The van der Waals surface area contributed by atoms with Gasteiger partial charge in [0.15, 0.2) is 0 Å². The molecule has 4 N–H and O–H groups in total. The van der Waals surface area contributed by atoms with E-state index in [1.165, 1.54) is 5.69 Å². The molecule has 3 aromatic rings. The molecule has 1 saturated heterocycles. The number of nitrogens with zero attached hydrogens (tertiary/aromatic N) is 2. The van der Waals surface area contributed by atoms with Crippen LogP contribution in [0.2, 0.25) is 0 Å². The van der Waals surface area contributed by atoms with Crippen LogP contribution in [0.3, 0.4) is 0 Å². The summed E-state index contributed by atoms with van der Waals surface area (Å²) in [4.78, 5) is 15.4. The number of likely N-dealkylation sites (tertiary alicyclic amines) is 1. The Hall–Kier alpha value is -3.17. The van der Waals surface area contributed by atoms with Crippen molar-refractivity contribution >= 4 is 32.7 Å². The fourth-order valence-electron chi connectivity index (χ4n) is 5.09. The number of amides is 1. The molecule has 2 heterocycles. The number of fused-ring (bicyclic) bond motifs is 1. The number of carbonyl (C=O) groups excluding carboxylic acids is 1. The van der Waals surface area contributed by atoms with Crippen LogP contribution in [0.1, 0.15) is 49.0 Å². The van der Waals surface area contributed by atoms with Crippen LogP contribution in [0.15, 0.2) is 54.6 Å². The van der Waals surface area contributed by atoms with Gasteiger partial charge in [-0.1, -0.05) is 42.5 Å². The molecule has 186 valence electrons. The predicted molar refractivity (Wildman–Crippen MR) is 139 cm³/mol. The lowest BCUT2D eigenvalue weighted by Gasteiger charge is -2.29. The Balaban J connectivity index is 1.54. The highest BCUT2D eigenvalue weighted by Gasteiger charge is 2.35. The molecule has 9 heteroatoms. The average molecular weight is 496 g/mol. The van der Waals surface area contributed by atoms with Gasteiger partial charge in [0.1, 0.15) is 11.9 Å². The first-order chi connectivity index (χ1) is 16.7. The van der Waals surface area contributed by atoms with E-state index in [4.69, 9.17) is 11.1 Å². The van der Waals surface area contributed by atoms with Crippen LogP contribution in [0.5, 0.6) is 0 Å². The molecule has 4 rings (SSSR count). The van der Waals surface area contributed by atoms with E-state index in [9.17, 15) is 13.2 Å². The molecule has 1 amide bonds. The number of hydrogen-bond donors (Lipinski definition) is 3. The first-order valence-electron chi connectivity index (χ1n) is 12.0. The predicted octanol–water partition coefficient (Wildman–Crippen LogP) is 3.16. The van der Waals surface area contributed by atoms with E-state index < -0.39 is 16.1 Å². The van der Waals surface area contributed by atoms with Gasteiger partial charge < -0.3 is 15.2 Å². The maximum absolute atomic E-state index is 13.6. The molecular formula is C26H33N5O3S. The zero-order valence-electron chi connectivity index (χ0n) is 20.2. The number of nitrogens with two attached hydrogens (primary N) is 1. The van der Waals surface area contributed by atoms with E-state index in [0.29, 0.717) is 17.7 Å². The van der Waals surface area contributed by atoms with E-state index in [1.807, 2.05) is 41.3 Å². The zero-order chi connectivity index (χ0) is 25.2. The van der Waals surface area contributed by atoms with Gasteiger partial charge in [0.05, 0.1) is 6.26 Å². The molecule has 0 aliphatic carbocycles. The molecule has 1 fully saturated rings. The number of nitrogen functional groups attached to an aromatic ring is 1. The lowest BCUT2D eigenvalue weighted by molar-refractivity contribution is -0.134. The number of aryl methyl sites for hydroxylation is 2. The van der Waals surface area contributed by atoms with Crippen molar-refractivity contribution in [2.45, 2.75) is 51.2 Å². The molecular weight excluding hydrogens is 462 g/mol. The molecule has 1 aromatic heterocycles. The highest BCUT2D eigenvalue weighted by atomic mass is 32.2. The number of rotatable bonds is 9. The molecule has 1 aliphatic rings. The van der Waals surface area contributed by atoms with Gasteiger partial charge in [-0.15, -0.1) is 0 Å². The standard InChI is InChI=1S/C26H33N5O3S/c1-3-30-22(16-19-11-12-20(25(27)28)17-23(19)30)14-13-21-10-7-15-31(21)26(32)24(29-35(2,33)34)18-8-5-4-6-9-18/h4-6,8-9,11-12,16-17,21,24,29H,3,7,10,13-15H2,1-2H3,(H3,27,28)/t21-,24+/m0/s1. The van der Waals surface area contributed by atoms with E-state index in [1.54, 1.807) is 12.1 Å². The highest BCUT2D eigenvalue weighted by Crippen LogP contribution is 2.28. The maximum atomic E-state index is 13.6. The lowest BCUT2D eigenvalue weighted by Crippen LogP contribution is -2.44. The van der Waals surface area contributed by atoms with E-state index >= 15 is 0 Å². The van der Waals surface area contributed by atoms with Crippen LogP contribution < -0.4 is 10.5 Å². The Morgan fingerprint density at radius 2 is 1.94 bits per heavy atom. The summed E-state index contributed by atoms with van der Waals surface area (Å²) in [7, 11) is -3.58. The van der Waals surface area contributed by atoms with Crippen molar-refractivity contribution < 1.29 is 13.2 Å². The summed E-state index contributed by atoms with van der Waals surface area (Å²) in [6.07, 6.45) is 4.46. The van der Waals surface area contributed by atoms with Gasteiger partial charge in [0.25, 0.3) is 0 Å². The molecule has 2 aromatic carbocycles. The Labute approximate surface area is 206 Å². The second-order valence-electron chi connectivity index (χ2n) is 9.17. The summed E-state index contributed by atoms with van der Waals surface area (Å²) < 4.78 is 28.9. The maximum Gasteiger partial charge on any atom is 0.245 e. The minimum atomic E-state index is -3.58. The van der Waals surface area contributed by atoms with Gasteiger partial charge in [0, 0.05) is 35.9 Å². The van der Waals surface area contributed by atoms with Gasteiger partial charge in [-0.3, -0.25) is 10.2 Å². The summed E-state index contributed by atoms with van der Waals surface area (Å²) in [5.74, 6) is -0.153. The number of sulfonamides is 1. The smallest absolute Gasteiger partial charge is 0.245 e. The van der Waals surface area contributed by atoms with Gasteiger partial charge in [-0.25, -0.2) is 8.42 Å². The fourth-order valence-corrected chi connectivity index (χ4v) is 5.75. The Morgan fingerprint density at radius 3 is 2.60 bits per heavy atom. The fraction of sp³-hybridized carbons (Fsp3) is 0.385. The van der Waals surface area contributed by atoms with Gasteiger partial charge >= 0.3 is 0 Å². The van der Waals surface area contributed by atoms with Crippen molar-refractivity contribution in [3.8, 4) is 0 Å². The molecule has 0 bridgehead atoms. The third-order valence-electron chi connectivity index (χ3n) is 6.72. The number of amidine groups is 1. The first-order valence-corrected chi connectivity index (χ1v) is 13.9. The minimum Gasteiger partial charge on any atom is -0.384 e. The molecule has 0 saturated carbocycles. The minimum absolute atomic E-state index is 0.0474. The molecule has 8 nitrogen and oxygen atoms in total. The molecule has 35 heavy (non-hydrogen) atoms. The Kier molecular flexibility index (Phi) is 7.28. The monoisotopic (exact) mass is 495 g/mol. The van der Waals surface area contributed by atoms with Crippen LogP contribution in [-0.4, -0.2) is 48.5 Å². The molecule has 1 aliphatic heterocycles. The molecule has 0 unspecified atom stereocenters. The Bertz CT molecular complexity index is 1330. The third-order valence-corrected chi connectivity index (χ3v) is 7.39. The number of hydrogen-bond acceptors (Lipinski definition) is 4. The SMILES string of the molecule is CCn1c(CC[C@@H]2CCCN2C(=O)[C@H](NS(C)(=O)=O)c2ccccc2)cc2ccc(C(=N)N)cc21. The van der Waals surface area contributed by atoms with Crippen molar-refractivity contribution in [1.82, 2.24) is 14.2 Å². The first kappa shape index (κ1) is 24.9. The number of benzene rings is 2. The molecule has 0 radical (unpaired) electrons. The second kappa shape index (κ2) is 10.2. The van der Waals surface area contributed by atoms with Crippen molar-refractivity contribution in [2.75, 3.05) is 12.8 Å².